The molecule has 0 aliphatic heterocycles. The zero-order chi connectivity index (χ0) is 20.8. The molecule has 2 aromatic carbocycles. The second kappa shape index (κ2) is 9.54. The van der Waals surface area contributed by atoms with Gasteiger partial charge in [0.15, 0.2) is 6.61 Å². The summed E-state index contributed by atoms with van der Waals surface area (Å²) in [7, 11) is 0. The number of hydrogen-bond acceptors (Lipinski definition) is 3. The lowest BCUT2D eigenvalue weighted by molar-refractivity contribution is -0.125. The van der Waals surface area contributed by atoms with Crippen molar-refractivity contribution in [2.24, 2.45) is 0 Å². The van der Waals surface area contributed by atoms with Gasteiger partial charge in [-0.05, 0) is 74.4 Å². The van der Waals surface area contributed by atoms with Crippen molar-refractivity contribution in [3.8, 4) is 0 Å². The summed E-state index contributed by atoms with van der Waals surface area (Å²) in [6.07, 6.45) is 1.78. The summed E-state index contributed by atoms with van der Waals surface area (Å²) in [5, 5.41) is 2.99. The summed E-state index contributed by atoms with van der Waals surface area (Å²) in [5.74, 6) is -0.727. The van der Waals surface area contributed by atoms with E-state index in [0.29, 0.717) is 5.56 Å². The summed E-state index contributed by atoms with van der Waals surface area (Å²) < 4.78 is 5.37. The van der Waals surface area contributed by atoms with E-state index in [0.717, 1.165) is 40.7 Å². The van der Waals surface area contributed by atoms with Crippen LogP contribution in [0.25, 0.3) is 0 Å². The number of ether oxygens (including phenoxy) is 1. The quantitative estimate of drug-likeness (QED) is 0.683. The second-order valence-corrected chi connectivity index (χ2v) is 7.40. The van der Waals surface area contributed by atoms with Crippen LogP contribution >= 0.6 is 0 Å². The number of carbonyl (C=O) groups is 2. The molecule has 2 rings (SSSR count). The van der Waals surface area contributed by atoms with Crippen molar-refractivity contribution < 1.29 is 14.3 Å². The highest BCUT2D eigenvalue weighted by Gasteiger charge is 2.21. The Bertz CT molecular complexity index is 827. The van der Waals surface area contributed by atoms with E-state index in [1.54, 1.807) is 0 Å². The van der Waals surface area contributed by atoms with E-state index in [2.05, 4.69) is 19.2 Å². The number of esters is 1. The van der Waals surface area contributed by atoms with Gasteiger partial charge in [0.1, 0.15) is 0 Å². The van der Waals surface area contributed by atoms with Gasteiger partial charge in [-0.3, -0.25) is 4.79 Å². The molecule has 1 atom stereocenters. The Morgan fingerprint density at radius 3 is 1.96 bits per heavy atom. The molecule has 0 aliphatic rings. The molecular formula is C24H31NO3. The van der Waals surface area contributed by atoms with E-state index < -0.39 is 5.97 Å². The molecule has 28 heavy (non-hydrogen) atoms. The lowest BCUT2D eigenvalue weighted by Gasteiger charge is -2.20. The Morgan fingerprint density at radius 2 is 1.43 bits per heavy atom. The van der Waals surface area contributed by atoms with Gasteiger partial charge in [-0.25, -0.2) is 4.79 Å². The average Bonchev–Trinajstić information content (AvgIpc) is 2.69. The first-order valence-corrected chi connectivity index (χ1v) is 9.86. The molecule has 150 valence electrons. The number of nitrogens with one attached hydrogen (secondary N) is 1. The van der Waals surface area contributed by atoms with Gasteiger partial charge in [-0.2, -0.15) is 0 Å². The minimum atomic E-state index is -0.442. The van der Waals surface area contributed by atoms with Gasteiger partial charge in [0, 0.05) is 0 Å². The molecule has 0 heterocycles. The molecule has 0 saturated carbocycles. The number of amides is 1. The third-order valence-corrected chi connectivity index (χ3v) is 5.65. The van der Waals surface area contributed by atoms with Gasteiger partial charge in [-0.1, -0.05) is 43.7 Å². The highest BCUT2D eigenvalue weighted by molar-refractivity contribution is 5.95. The van der Waals surface area contributed by atoms with Crippen LogP contribution in [0.2, 0.25) is 0 Å². The van der Waals surface area contributed by atoms with Crippen molar-refractivity contribution in [2.45, 2.75) is 60.4 Å². The number of carbonyl (C=O) groups excluding carboxylic acids is 2. The van der Waals surface area contributed by atoms with Crippen LogP contribution in [0, 0.1) is 34.6 Å². The van der Waals surface area contributed by atoms with E-state index >= 15 is 0 Å². The maximum absolute atomic E-state index is 12.7. The molecule has 0 spiro atoms. The fourth-order valence-electron chi connectivity index (χ4n) is 3.54. The molecule has 0 aliphatic carbocycles. The van der Waals surface area contributed by atoms with Crippen LogP contribution in [0.15, 0.2) is 30.3 Å². The molecule has 1 amide bonds. The number of hydrogen-bond donors (Lipinski definition) is 1. The molecule has 0 bridgehead atoms. The smallest absolute Gasteiger partial charge is 0.339 e. The summed E-state index contributed by atoms with van der Waals surface area (Å²) in [4.78, 5) is 25.1. The Morgan fingerprint density at radius 1 is 0.893 bits per heavy atom. The first-order valence-electron chi connectivity index (χ1n) is 9.86. The highest BCUT2D eigenvalue weighted by Crippen LogP contribution is 2.26. The Hall–Kier alpha value is -2.62. The topological polar surface area (TPSA) is 55.4 Å². The third-order valence-electron chi connectivity index (χ3n) is 5.65. The standard InChI is InChI=1S/C24H31NO3/c1-7-11-21(20-12-9-8-10-13-20)25-22(26)14-28-24(27)23-18(5)16(3)15(2)17(4)19(23)6/h8-10,12-13,21H,7,11,14H2,1-6H3,(H,25,26)/t21-/m0/s1. The monoisotopic (exact) mass is 381 g/mol. The van der Waals surface area contributed by atoms with Crippen LogP contribution in [0.4, 0.5) is 0 Å². The van der Waals surface area contributed by atoms with Crippen LogP contribution in [0.5, 0.6) is 0 Å². The van der Waals surface area contributed by atoms with Crippen LogP contribution in [0.1, 0.15) is 69.5 Å². The second-order valence-electron chi connectivity index (χ2n) is 7.40. The zero-order valence-electron chi connectivity index (χ0n) is 17.8. The van der Waals surface area contributed by atoms with Gasteiger partial charge in [-0.15, -0.1) is 0 Å². The first kappa shape index (κ1) is 21.7. The van der Waals surface area contributed by atoms with Crippen molar-refractivity contribution in [1.82, 2.24) is 5.32 Å². The molecule has 0 radical (unpaired) electrons. The Kier molecular flexibility index (Phi) is 7.38. The minimum absolute atomic E-state index is 0.0789. The van der Waals surface area contributed by atoms with Gasteiger partial charge in [0.25, 0.3) is 5.91 Å². The molecule has 0 unspecified atom stereocenters. The molecule has 0 aromatic heterocycles. The van der Waals surface area contributed by atoms with Gasteiger partial charge >= 0.3 is 5.97 Å². The van der Waals surface area contributed by atoms with E-state index in [-0.39, 0.29) is 18.6 Å². The zero-order valence-corrected chi connectivity index (χ0v) is 17.8. The van der Waals surface area contributed by atoms with Crippen molar-refractivity contribution in [3.05, 3.63) is 69.3 Å². The lowest BCUT2D eigenvalue weighted by atomic mass is 9.90. The maximum atomic E-state index is 12.7. The summed E-state index contributed by atoms with van der Waals surface area (Å²) in [5.41, 5.74) is 6.83. The maximum Gasteiger partial charge on any atom is 0.339 e. The van der Waals surface area contributed by atoms with Gasteiger partial charge < -0.3 is 10.1 Å². The summed E-state index contributed by atoms with van der Waals surface area (Å²) in [6, 6.07) is 9.78. The first-order chi connectivity index (χ1) is 13.3. The van der Waals surface area contributed by atoms with E-state index in [1.807, 2.05) is 58.0 Å². The predicted molar refractivity (Wildman–Crippen MR) is 113 cm³/mol. The Balaban J connectivity index is 2.07. The van der Waals surface area contributed by atoms with E-state index in [9.17, 15) is 9.59 Å². The Labute approximate surface area is 168 Å². The van der Waals surface area contributed by atoms with Crippen LogP contribution < -0.4 is 5.32 Å². The van der Waals surface area contributed by atoms with Crippen LogP contribution in [-0.2, 0) is 9.53 Å². The lowest BCUT2D eigenvalue weighted by Crippen LogP contribution is -2.32. The minimum Gasteiger partial charge on any atom is -0.452 e. The SMILES string of the molecule is CCC[C@H](NC(=O)COC(=O)c1c(C)c(C)c(C)c(C)c1C)c1ccccc1. The van der Waals surface area contributed by atoms with Crippen molar-refractivity contribution in [3.63, 3.8) is 0 Å². The van der Waals surface area contributed by atoms with Crippen molar-refractivity contribution in [1.29, 1.82) is 0 Å². The van der Waals surface area contributed by atoms with Crippen molar-refractivity contribution in [2.75, 3.05) is 6.61 Å². The van der Waals surface area contributed by atoms with Gasteiger partial charge in [0.05, 0.1) is 11.6 Å². The van der Waals surface area contributed by atoms with E-state index in [1.165, 1.54) is 5.56 Å². The predicted octanol–water partition coefficient (Wildman–Crippen LogP) is 5.04. The fourth-order valence-corrected chi connectivity index (χ4v) is 3.54. The molecular weight excluding hydrogens is 350 g/mol. The van der Waals surface area contributed by atoms with E-state index in [4.69, 9.17) is 4.74 Å². The number of benzene rings is 2. The molecule has 2 aromatic rings. The largest absolute Gasteiger partial charge is 0.452 e. The normalized spacial score (nSPS) is 11.8. The molecule has 4 heteroatoms. The fraction of sp³-hybridized carbons (Fsp3) is 0.417. The summed E-state index contributed by atoms with van der Waals surface area (Å²) >= 11 is 0. The van der Waals surface area contributed by atoms with Crippen molar-refractivity contribution >= 4 is 11.9 Å². The summed E-state index contributed by atoms with van der Waals surface area (Å²) in [6.45, 7) is 11.7. The molecule has 4 nitrogen and oxygen atoms in total. The average molecular weight is 382 g/mol. The number of rotatable bonds is 7. The van der Waals surface area contributed by atoms with Crippen LogP contribution in [0.3, 0.4) is 0 Å². The third kappa shape index (κ3) is 4.80. The molecule has 0 fully saturated rings. The van der Waals surface area contributed by atoms with Crippen LogP contribution in [-0.4, -0.2) is 18.5 Å². The van der Waals surface area contributed by atoms with Gasteiger partial charge in [0.2, 0.25) is 0 Å². The highest BCUT2D eigenvalue weighted by atomic mass is 16.5. The molecule has 0 saturated heterocycles. The molecule has 1 N–H and O–H groups in total.